The topological polar surface area (TPSA) is 305 Å². The maximum atomic E-state index is 10.4. The van der Waals surface area contributed by atoms with E-state index in [1.54, 1.807) is 13.3 Å². The fourth-order valence-corrected chi connectivity index (χ4v) is 4.92. The van der Waals surface area contributed by atoms with Gasteiger partial charge in [-0.25, -0.2) is 9.97 Å². The summed E-state index contributed by atoms with van der Waals surface area (Å²) in [6, 6.07) is 0. The molecule has 0 aliphatic carbocycles. The molecule has 0 fully saturated rings. The van der Waals surface area contributed by atoms with Gasteiger partial charge in [-0.1, -0.05) is 6.42 Å². The number of aryl methyl sites for hydroxylation is 2. The van der Waals surface area contributed by atoms with Crippen molar-refractivity contribution in [3.8, 4) is 0 Å². The average molecular weight is 674 g/mol. The van der Waals surface area contributed by atoms with E-state index in [4.69, 9.17) is 34.4 Å². The van der Waals surface area contributed by atoms with Crippen LogP contribution in [0.2, 0.25) is 0 Å². The lowest BCUT2D eigenvalue weighted by atomic mass is 10.1. The number of thiazole rings is 2. The molecule has 0 aliphatic heterocycles. The minimum absolute atomic E-state index is 0.00747. The standard InChI is InChI=1S/C12H20N6O2S.C8H15N5S.C4H8N2O2S/c1-15-9(7-18(19)20)5-3-2-4-6-10-8-21-12(16-10)17-11(13)14;9-4-2-1-3-6-5-14-8(12-6)13-7(10)11;1-9-4(2-5)3-6(7)8/h7-8,15H,2-6H2,1H3,(H4,13,14,16,17);5H,1-4,9H2,(H4,10,11,12,13);3H,2,5H2,1H3/b9-7-;;4-3+. The Kier molecular flexibility index (Phi) is 22.4. The molecule has 0 unspecified atom stereocenters. The number of thioether (sulfide) groups is 1. The van der Waals surface area contributed by atoms with Gasteiger partial charge in [-0.3, -0.25) is 20.2 Å². The summed E-state index contributed by atoms with van der Waals surface area (Å²) in [7, 11) is 1.69. The molecular weight excluding hydrogens is 631 g/mol. The molecule has 0 radical (unpaired) electrons. The average Bonchev–Trinajstić information content (AvgIpc) is 3.59. The van der Waals surface area contributed by atoms with Gasteiger partial charge in [0.2, 0.25) is 16.5 Å². The molecule has 2 aromatic heterocycles. The second-order valence-electron chi connectivity index (χ2n) is 8.60. The number of hydrogen-bond donors (Lipinski definition) is 7. The second kappa shape index (κ2) is 24.6. The molecule has 20 heteroatoms. The van der Waals surface area contributed by atoms with E-state index >= 15 is 0 Å². The van der Waals surface area contributed by atoms with Crippen molar-refractivity contribution in [3.05, 3.63) is 65.4 Å². The predicted octanol–water partition coefficient (Wildman–Crippen LogP) is 2.24. The molecule has 17 nitrogen and oxygen atoms in total. The number of hydrogen-bond acceptors (Lipinski definition) is 14. The van der Waals surface area contributed by atoms with Crippen molar-refractivity contribution in [2.45, 2.75) is 51.4 Å². The van der Waals surface area contributed by atoms with Crippen LogP contribution in [-0.4, -0.2) is 58.1 Å². The Bertz CT molecular complexity index is 1230. The zero-order valence-electron chi connectivity index (χ0n) is 24.9. The number of nitrogens with zero attached hydrogens (tertiary/aromatic N) is 6. The Morgan fingerprint density at radius 3 is 1.75 bits per heavy atom. The summed E-state index contributed by atoms with van der Waals surface area (Å²) in [4.78, 5) is 36.1. The molecule has 0 saturated carbocycles. The zero-order valence-corrected chi connectivity index (χ0v) is 27.3. The first-order chi connectivity index (χ1) is 20.9. The van der Waals surface area contributed by atoms with E-state index in [9.17, 15) is 20.2 Å². The molecule has 0 atom stereocenters. The van der Waals surface area contributed by atoms with Crippen LogP contribution in [0.1, 0.15) is 49.9 Å². The first kappa shape index (κ1) is 40.1. The smallest absolute Gasteiger partial charge is 0.253 e. The van der Waals surface area contributed by atoms with E-state index in [1.807, 2.05) is 10.8 Å². The molecule has 0 amide bonds. The summed E-state index contributed by atoms with van der Waals surface area (Å²) < 4.78 is 0. The number of guanidine groups is 2. The maximum Gasteiger partial charge on any atom is 0.253 e. The minimum Gasteiger partial charge on any atom is -0.386 e. The Morgan fingerprint density at radius 1 is 0.886 bits per heavy atom. The number of aliphatic imine (C=N–C) groups is 2. The van der Waals surface area contributed by atoms with Crippen LogP contribution in [-0.2, 0) is 12.8 Å². The molecule has 246 valence electrons. The third kappa shape index (κ3) is 21.8. The van der Waals surface area contributed by atoms with E-state index < -0.39 is 9.85 Å². The highest BCUT2D eigenvalue weighted by atomic mass is 32.2. The summed E-state index contributed by atoms with van der Waals surface area (Å²) in [6.07, 6.45) is 11.1. The van der Waals surface area contributed by atoms with Crippen LogP contribution in [0.5, 0.6) is 0 Å². The van der Waals surface area contributed by atoms with Gasteiger partial charge in [0.15, 0.2) is 11.9 Å². The van der Waals surface area contributed by atoms with Crippen LogP contribution in [0.25, 0.3) is 0 Å². The number of nitrogens with two attached hydrogens (primary N) is 6. The first-order valence-corrected chi connectivity index (χ1v) is 16.3. The molecule has 2 heterocycles. The highest BCUT2D eigenvalue weighted by Crippen LogP contribution is 2.21. The predicted molar refractivity (Wildman–Crippen MR) is 181 cm³/mol. The van der Waals surface area contributed by atoms with E-state index in [-0.39, 0.29) is 18.5 Å². The fourth-order valence-electron chi connectivity index (χ4n) is 3.08. The highest BCUT2D eigenvalue weighted by Gasteiger charge is 2.04. The second-order valence-corrected chi connectivity index (χ2v) is 11.2. The summed E-state index contributed by atoms with van der Waals surface area (Å²) in [6.45, 7) is 0.965. The normalized spacial score (nSPS) is 10.9. The Labute approximate surface area is 268 Å². The van der Waals surface area contributed by atoms with E-state index in [0.717, 1.165) is 75.3 Å². The van der Waals surface area contributed by atoms with Crippen molar-refractivity contribution in [1.82, 2.24) is 15.3 Å². The van der Waals surface area contributed by atoms with E-state index in [0.29, 0.717) is 27.3 Å². The van der Waals surface area contributed by atoms with Crippen molar-refractivity contribution in [3.63, 3.8) is 0 Å². The lowest BCUT2D eigenvalue weighted by Gasteiger charge is -2.03. The van der Waals surface area contributed by atoms with Crippen molar-refractivity contribution < 1.29 is 9.85 Å². The summed E-state index contributed by atoms with van der Waals surface area (Å²) >= 11 is 4.14. The molecule has 2 aromatic rings. The van der Waals surface area contributed by atoms with Gasteiger partial charge in [0.25, 0.3) is 6.20 Å². The van der Waals surface area contributed by atoms with Crippen molar-refractivity contribution in [2.24, 2.45) is 44.4 Å². The monoisotopic (exact) mass is 673 g/mol. The number of nitro groups is 2. The van der Waals surface area contributed by atoms with Gasteiger partial charge in [-0.2, -0.15) is 9.98 Å². The molecule has 13 N–H and O–H groups in total. The van der Waals surface area contributed by atoms with Crippen LogP contribution in [0, 0.1) is 20.2 Å². The quantitative estimate of drug-likeness (QED) is 0.0416. The van der Waals surface area contributed by atoms with Gasteiger partial charge in [0.1, 0.15) is 0 Å². The SMILES string of the molecule is CN/C(=C\[N+](=O)[O-])CCCCCc1csc(N=C(N)N)n1.CS/C(=C/[N+](=O)[O-])CN.NCCCCc1csc(N=C(N)N)n1. The van der Waals surface area contributed by atoms with Gasteiger partial charge in [-0.15, -0.1) is 34.4 Å². The van der Waals surface area contributed by atoms with E-state index in [2.05, 4.69) is 25.3 Å². The first-order valence-electron chi connectivity index (χ1n) is 13.3. The largest absolute Gasteiger partial charge is 0.386 e. The number of nitrogens with one attached hydrogen (secondary N) is 1. The third-order valence-corrected chi connectivity index (χ3v) is 7.45. The molecule has 0 spiro atoms. The number of rotatable bonds is 17. The van der Waals surface area contributed by atoms with Crippen LogP contribution >= 0.6 is 34.4 Å². The molecular formula is C24H43N13O4S3. The van der Waals surface area contributed by atoms with Gasteiger partial charge in [-0.05, 0) is 57.7 Å². The molecule has 0 aliphatic rings. The molecule has 0 aromatic carbocycles. The summed E-state index contributed by atoms with van der Waals surface area (Å²) in [5.41, 5.74) is 34.2. The molecule has 2 rings (SSSR count). The van der Waals surface area contributed by atoms with Gasteiger partial charge < -0.3 is 39.7 Å². The Morgan fingerprint density at radius 2 is 1.39 bits per heavy atom. The van der Waals surface area contributed by atoms with Crippen LogP contribution in [0.3, 0.4) is 0 Å². The molecule has 0 bridgehead atoms. The van der Waals surface area contributed by atoms with Gasteiger partial charge in [0, 0.05) is 24.4 Å². The number of aromatic nitrogens is 2. The minimum atomic E-state index is -0.501. The van der Waals surface area contributed by atoms with Crippen LogP contribution < -0.4 is 39.7 Å². The number of allylic oxidation sites excluding steroid dienone is 1. The summed E-state index contributed by atoms with van der Waals surface area (Å²) in [5.74, 6) is 0.0564. The maximum absolute atomic E-state index is 10.4. The number of unbranched alkanes of at least 4 members (excludes halogenated alkanes) is 3. The van der Waals surface area contributed by atoms with Crippen molar-refractivity contribution in [1.29, 1.82) is 0 Å². The van der Waals surface area contributed by atoms with Gasteiger partial charge >= 0.3 is 0 Å². The van der Waals surface area contributed by atoms with E-state index in [1.165, 1.54) is 34.4 Å². The molecule has 0 saturated heterocycles. The molecule has 44 heavy (non-hydrogen) atoms. The van der Waals surface area contributed by atoms with Crippen LogP contribution in [0.15, 0.2) is 43.7 Å². The van der Waals surface area contributed by atoms with Crippen molar-refractivity contribution >= 4 is 56.6 Å². The third-order valence-electron chi connectivity index (χ3n) is 5.09. The van der Waals surface area contributed by atoms with Gasteiger partial charge in [0.05, 0.1) is 31.8 Å². The fraction of sp³-hybridized carbons (Fsp3) is 0.500. The van der Waals surface area contributed by atoms with Crippen LogP contribution in [0.4, 0.5) is 10.3 Å². The lowest BCUT2D eigenvalue weighted by Crippen LogP contribution is -2.21. The lowest BCUT2D eigenvalue weighted by molar-refractivity contribution is -0.403. The van der Waals surface area contributed by atoms with Crippen molar-refractivity contribution in [2.75, 3.05) is 26.4 Å². The highest BCUT2D eigenvalue weighted by molar-refractivity contribution is 8.02. The Hall–Kier alpha value is -3.85. The zero-order chi connectivity index (χ0) is 33.3. The summed E-state index contributed by atoms with van der Waals surface area (Å²) in [5, 5.41) is 28.1. The Balaban J connectivity index is 0.000000692.